The minimum atomic E-state index is -0.258. The van der Waals surface area contributed by atoms with E-state index in [1.807, 2.05) is 49.1 Å². The molecule has 0 N–H and O–H groups in total. The summed E-state index contributed by atoms with van der Waals surface area (Å²) in [6.45, 7) is 5.16. The van der Waals surface area contributed by atoms with E-state index in [0.29, 0.717) is 24.0 Å². The second kappa shape index (κ2) is 7.44. The highest BCUT2D eigenvalue weighted by molar-refractivity contribution is 8.00. The summed E-state index contributed by atoms with van der Waals surface area (Å²) < 4.78 is 1.61. The van der Waals surface area contributed by atoms with Gasteiger partial charge in [-0.2, -0.15) is 4.98 Å². The van der Waals surface area contributed by atoms with Crippen LogP contribution in [0.2, 0.25) is 0 Å². The Morgan fingerprint density at radius 1 is 1.29 bits per heavy atom. The molecule has 6 nitrogen and oxygen atoms in total. The summed E-state index contributed by atoms with van der Waals surface area (Å²) >= 11 is 1.36. The maximum absolute atomic E-state index is 12.7. The van der Waals surface area contributed by atoms with Crippen molar-refractivity contribution in [2.45, 2.75) is 30.8 Å². The first-order valence-electron chi connectivity index (χ1n) is 7.84. The SMILES string of the molecule is CCN(Cc1ccccc1)C(=O)C(C)Sc1nc2ncccn2n1. The van der Waals surface area contributed by atoms with Gasteiger partial charge in [-0.25, -0.2) is 9.50 Å². The van der Waals surface area contributed by atoms with Gasteiger partial charge in [-0.05, 0) is 25.5 Å². The fraction of sp³-hybridized carbons (Fsp3) is 0.294. The molecule has 1 amide bonds. The average Bonchev–Trinajstić information content (AvgIpc) is 3.02. The molecule has 24 heavy (non-hydrogen) atoms. The molecule has 2 aromatic heterocycles. The number of amides is 1. The number of carbonyl (C=O) groups excluding carboxylic acids is 1. The lowest BCUT2D eigenvalue weighted by atomic mass is 10.2. The van der Waals surface area contributed by atoms with Crippen LogP contribution in [0, 0.1) is 0 Å². The highest BCUT2D eigenvalue weighted by Gasteiger charge is 2.22. The average molecular weight is 341 g/mol. The van der Waals surface area contributed by atoms with Gasteiger partial charge < -0.3 is 4.90 Å². The van der Waals surface area contributed by atoms with Gasteiger partial charge in [0.05, 0.1) is 5.25 Å². The third-order valence-corrected chi connectivity index (χ3v) is 4.58. The number of carbonyl (C=O) groups is 1. The van der Waals surface area contributed by atoms with Crippen LogP contribution >= 0.6 is 11.8 Å². The van der Waals surface area contributed by atoms with Crippen LogP contribution in [0.15, 0.2) is 53.9 Å². The zero-order chi connectivity index (χ0) is 16.9. The van der Waals surface area contributed by atoms with Gasteiger partial charge in [0, 0.05) is 25.5 Å². The Morgan fingerprint density at radius 3 is 2.79 bits per heavy atom. The number of rotatable bonds is 6. The van der Waals surface area contributed by atoms with E-state index in [9.17, 15) is 4.79 Å². The van der Waals surface area contributed by atoms with Crippen molar-refractivity contribution in [3.63, 3.8) is 0 Å². The molecular weight excluding hydrogens is 322 g/mol. The minimum Gasteiger partial charge on any atom is -0.338 e. The number of benzene rings is 1. The first-order valence-corrected chi connectivity index (χ1v) is 8.72. The van der Waals surface area contributed by atoms with Gasteiger partial charge >= 0.3 is 0 Å². The lowest BCUT2D eigenvalue weighted by Gasteiger charge is -2.23. The second-order valence-corrected chi connectivity index (χ2v) is 6.66. The van der Waals surface area contributed by atoms with Gasteiger partial charge in [0.1, 0.15) is 0 Å². The lowest BCUT2D eigenvalue weighted by molar-refractivity contribution is -0.130. The third-order valence-electron chi connectivity index (χ3n) is 3.64. The van der Waals surface area contributed by atoms with Gasteiger partial charge in [-0.1, -0.05) is 42.1 Å². The molecule has 1 atom stereocenters. The number of hydrogen-bond acceptors (Lipinski definition) is 5. The van der Waals surface area contributed by atoms with Crippen LogP contribution in [0.5, 0.6) is 0 Å². The lowest BCUT2D eigenvalue weighted by Crippen LogP contribution is -2.36. The van der Waals surface area contributed by atoms with Crippen LogP contribution in [-0.4, -0.2) is 42.2 Å². The highest BCUT2D eigenvalue weighted by Crippen LogP contribution is 2.22. The normalized spacial score (nSPS) is 12.2. The third kappa shape index (κ3) is 3.73. The molecule has 124 valence electrons. The summed E-state index contributed by atoms with van der Waals surface area (Å²) in [5, 5.41) is 4.64. The predicted molar refractivity (Wildman–Crippen MR) is 93.6 cm³/mol. The van der Waals surface area contributed by atoms with Crippen molar-refractivity contribution in [2.75, 3.05) is 6.54 Å². The van der Waals surface area contributed by atoms with E-state index in [1.165, 1.54) is 11.8 Å². The quantitative estimate of drug-likeness (QED) is 0.645. The van der Waals surface area contributed by atoms with Crippen molar-refractivity contribution in [3.8, 4) is 0 Å². The topological polar surface area (TPSA) is 63.4 Å². The van der Waals surface area contributed by atoms with Crippen molar-refractivity contribution < 1.29 is 4.79 Å². The van der Waals surface area contributed by atoms with Crippen LogP contribution < -0.4 is 0 Å². The van der Waals surface area contributed by atoms with E-state index in [-0.39, 0.29) is 11.2 Å². The maximum Gasteiger partial charge on any atom is 0.253 e. The van der Waals surface area contributed by atoms with Crippen molar-refractivity contribution in [3.05, 3.63) is 54.4 Å². The molecule has 3 rings (SSSR count). The Morgan fingerprint density at radius 2 is 2.08 bits per heavy atom. The molecule has 7 heteroatoms. The summed E-state index contributed by atoms with van der Waals surface area (Å²) in [6, 6.07) is 11.8. The van der Waals surface area contributed by atoms with Crippen molar-refractivity contribution >= 4 is 23.4 Å². The number of fused-ring (bicyclic) bond motifs is 1. The standard InChI is InChI=1S/C17H19N5OS/c1-3-21(12-14-8-5-4-6-9-14)15(23)13(2)24-17-19-16-18-10-7-11-22(16)20-17/h4-11,13H,3,12H2,1-2H3. The van der Waals surface area contributed by atoms with E-state index in [4.69, 9.17) is 0 Å². The van der Waals surface area contributed by atoms with Crippen molar-refractivity contribution in [1.29, 1.82) is 0 Å². The summed E-state index contributed by atoms with van der Waals surface area (Å²) in [6.07, 6.45) is 3.46. The molecule has 0 fully saturated rings. The predicted octanol–water partition coefficient (Wildman–Crippen LogP) is 2.65. The number of thioether (sulfide) groups is 1. The van der Waals surface area contributed by atoms with Gasteiger partial charge in [-0.3, -0.25) is 4.79 Å². The largest absolute Gasteiger partial charge is 0.338 e. The van der Waals surface area contributed by atoms with Crippen LogP contribution in [0.1, 0.15) is 19.4 Å². The Bertz CT molecular complexity index is 787. The van der Waals surface area contributed by atoms with Crippen LogP contribution in [0.4, 0.5) is 0 Å². The zero-order valence-electron chi connectivity index (χ0n) is 13.7. The zero-order valence-corrected chi connectivity index (χ0v) is 14.5. The van der Waals surface area contributed by atoms with Crippen molar-refractivity contribution in [1.82, 2.24) is 24.5 Å². The molecule has 0 aliphatic heterocycles. The van der Waals surface area contributed by atoms with Gasteiger partial charge in [0.25, 0.3) is 5.78 Å². The first-order chi connectivity index (χ1) is 11.7. The molecule has 0 bridgehead atoms. The molecule has 2 heterocycles. The van der Waals surface area contributed by atoms with E-state index in [1.54, 1.807) is 23.0 Å². The molecular formula is C17H19N5OS. The Hall–Kier alpha value is -2.41. The molecule has 0 saturated heterocycles. The van der Waals surface area contributed by atoms with Gasteiger partial charge in [0.15, 0.2) is 0 Å². The van der Waals surface area contributed by atoms with E-state index < -0.39 is 0 Å². The van der Waals surface area contributed by atoms with Gasteiger partial charge in [0.2, 0.25) is 11.1 Å². The van der Waals surface area contributed by atoms with E-state index in [2.05, 4.69) is 15.1 Å². The monoisotopic (exact) mass is 341 g/mol. The molecule has 1 aromatic carbocycles. The number of nitrogens with zero attached hydrogens (tertiary/aromatic N) is 5. The second-order valence-electron chi connectivity index (χ2n) is 5.36. The van der Waals surface area contributed by atoms with Crippen LogP contribution in [-0.2, 0) is 11.3 Å². The summed E-state index contributed by atoms with van der Waals surface area (Å²) in [5.41, 5.74) is 1.12. The first kappa shape index (κ1) is 16.4. The molecule has 0 radical (unpaired) electrons. The molecule has 0 aliphatic rings. The Kier molecular flexibility index (Phi) is 5.10. The smallest absolute Gasteiger partial charge is 0.253 e. The van der Waals surface area contributed by atoms with E-state index in [0.717, 1.165) is 5.56 Å². The number of hydrogen-bond donors (Lipinski definition) is 0. The molecule has 0 spiro atoms. The number of aromatic nitrogens is 4. The summed E-state index contributed by atoms with van der Waals surface area (Å²) in [5.74, 6) is 0.620. The minimum absolute atomic E-state index is 0.0816. The molecule has 0 aliphatic carbocycles. The summed E-state index contributed by atoms with van der Waals surface area (Å²) in [7, 11) is 0. The van der Waals surface area contributed by atoms with Gasteiger partial charge in [-0.15, -0.1) is 5.10 Å². The Balaban J connectivity index is 1.68. The fourth-order valence-electron chi connectivity index (χ4n) is 2.38. The molecule has 3 aromatic rings. The van der Waals surface area contributed by atoms with Crippen molar-refractivity contribution in [2.24, 2.45) is 0 Å². The maximum atomic E-state index is 12.7. The molecule has 0 saturated carbocycles. The van der Waals surface area contributed by atoms with E-state index >= 15 is 0 Å². The highest BCUT2D eigenvalue weighted by atomic mass is 32.2. The fourth-order valence-corrected chi connectivity index (χ4v) is 3.21. The van der Waals surface area contributed by atoms with Crippen LogP contribution in [0.25, 0.3) is 5.78 Å². The summed E-state index contributed by atoms with van der Waals surface area (Å²) in [4.78, 5) is 23.1. The van der Waals surface area contributed by atoms with Crippen LogP contribution in [0.3, 0.4) is 0 Å². The molecule has 1 unspecified atom stereocenters. The Labute approximate surface area is 144 Å².